The Kier molecular flexibility index (Phi) is 3.43. The smallest absolute Gasteiger partial charge is 0.257 e. The summed E-state index contributed by atoms with van der Waals surface area (Å²) in [5.74, 6) is 2.43. The lowest BCUT2D eigenvalue weighted by molar-refractivity contribution is 0.0788. The van der Waals surface area contributed by atoms with Gasteiger partial charge in [-0.15, -0.1) is 0 Å². The molecule has 2 aromatic heterocycles. The number of carbonyl (C=O) groups is 1. The van der Waals surface area contributed by atoms with E-state index >= 15 is 0 Å². The van der Waals surface area contributed by atoms with Crippen molar-refractivity contribution in [2.24, 2.45) is 0 Å². The van der Waals surface area contributed by atoms with E-state index in [0.717, 1.165) is 30.8 Å². The van der Waals surface area contributed by atoms with Gasteiger partial charge < -0.3 is 9.42 Å². The minimum atomic E-state index is 0.0341. The lowest BCUT2D eigenvalue weighted by atomic mass is 10.1. The third kappa shape index (κ3) is 2.64. The molecule has 23 heavy (non-hydrogen) atoms. The molecule has 7 nitrogen and oxygen atoms in total. The molecule has 1 amide bonds. The molecule has 0 unspecified atom stereocenters. The summed E-state index contributed by atoms with van der Waals surface area (Å²) in [6.07, 6.45) is 4.81. The number of nitrogens with one attached hydrogen (secondary N) is 1. The quantitative estimate of drug-likeness (QED) is 0.936. The zero-order valence-corrected chi connectivity index (χ0v) is 13.5. The van der Waals surface area contributed by atoms with E-state index in [1.807, 2.05) is 4.90 Å². The third-order valence-corrected chi connectivity index (χ3v) is 4.70. The van der Waals surface area contributed by atoms with Gasteiger partial charge in [0.2, 0.25) is 5.89 Å². The van der Waals surface area contributed by atoms with Gasteiger partial charge in [-0.1, -0.05) is 19.0 Å². The van der Waals surface area contributed by atoms with Crippen LogP contribution in [0.1, 0.15) is 78.6 Å². The Morgan fingerprint density at radius 1 is 1.35 bits per heavy atom. The summed E-state index contributed by atoms with van der Waals surface area (Å²) in [6, 6.07) is 0. The van der Waals surface area contributed by atoms with Crippen LogP contribution in [-0.2, 0) is 0 Å². The van der Waals surface area contributed by atoms with Crippen molar-refractivity contribution in [2.75, 3.05) is 13.1 Å². The van der Waals surface area contributed by atoms with Gasteiger partial charge in [-0.2, -0.15) is 10.1 Å². The molecule has 2 aromatic rings. The second-order valence-electron chi connectivity index (χ2n) is 6.85. The molecular weight excluding hydrogens is 294 g/mol. The standard InChI is InChI=1S/C16H21N5O2/c1-9(2)13-12(7-17-19-13)16(22)21-6-5-11(8-21)15-18-14(20-23-15)10-3-4-10/h7,9-11H,3-6,8H2,1-2H3,(H,17,19)/t11-/m1/s1. The highest BCUT2D eigenvalue weighted by Gasteiger charge is 2.35. The molecular formula is C16H21N5O2. The highest BCUT2D eigenvalue weighted by atomic mass is 16.5. The predicted octanol–water partition coefficient (Wildman–Crippen LogP) is 2.42. The van der Waals surface area contributed by atoms with Crippen LogP contribution in [0.5, 0.6) is 0 Å². The van der Waals surface area contributed by atoms with Crippen molar-refractivity contribution in [3.05, 3.63) is 29.2 Å². The number of nitrogens with zero attached hydrogens (tertiary/aromatic N) is 4. The number of rotatable bonds is 4. The Bertz CT molecular complexity index is 716. The number of carbonyl (C=O) groups excluding carboxylic acids is 1. The number of hydrogen-bond donors (Lipinski definition) is 1. The molecule has 122 valence electrons. The summed E-state index contributed by atoms with van der Waals surface area (Å²) < 4.78 is 5.41. The van der Waals surface area contributed by atoms with Gasteiger partial charge in [-0.25, -0.2) is 0 Å². The van der Waals surface area contributed by atoms with Crippen LogP contribution in [0.4, 0.5) is 0 Å². The van der Waals surface area contributed by atoms with Crippen molar-refractivity contribution in [3.8, 4) is 0 Å². The second kappa shape index (κ2) is 5.47. The topological polar surface area (TPSA) is 87.9 Å². The Morgan fingerprint density at radius 3 is 2.91 bits per heavy atom. The van der Waals surface area contributed by atoms with Gasteiger partial charge in [-0.3, -0.25) is 9.89 Å². The molecule has 3 heterocycles. The van der Waals surface area contributed by atoms with E-state index in [-0.39, 0.29) is 17.7 Å². The van der Waals surface area contributed by atoms with Crippen LogP contribution < -0.4 is 0 Å². The molecule has 1 aliphatic heterocycles. The Labute approximate surface area is 134 Å². The molecule has 7 heteroatoms. The number of likely N-dealkylation sites (tertiary alicyclic amines) is 1. The van der Waals surface area contributed by atoms with Crippen LogP contribution in [-0.4, -0.2) is 44.2 Å². The fourth-order valence-electron chi connectivity index (χ4n) is 3.14. The fourth-order valence-corrected chi connectivity index (χ4v) is 3.14. The van der Waals surface area contributed by atoms with Crippen LogP contribution in [0.25, 0.3) is 0 Å². The van der Waals surface area contributed by atoms with Crippen molar-refractivity contribution in [2.45, 2.75) is 50.9 Å². The van der Waals surface area contributed by atoms with Crippen LogP contribution in [0.15, 0.2) is 10.7 Å². The molecule has 2 aliphatic rings. The molecule has 1 N–H and O–H groups in total. The Morgan fingerprint density at radius 2 is 2.17 bits per heavy atom. The predicted molar refractivity (Wildman–Crippen MR) is 82.2 cm³/mol. The van der Waals surface area contributed by atoms with Crippen LogP contribution in [0.2, 0.25) is 0 Å². The molecule has 1 aliphatic carbocycles. The summed E-state index contributed by atoms with van der Waals surface area (Å²) in [4.78, 5) is 19.1. The minimum absolute atomic E-state index is 0.0341. The molecule has 1 saturated carbocycles. The zero-order chi connectivity index (χ0) is 16.0. The van der Waals surface area contributed by atoms with E-state index in [1.54, 1.807) is 6.20 Å². The average Bonchev–Trinajstić information content (AvgIpc) is 3.03. The molecule has 1 saturated heterocycles. The van der Waals surface area contributed by atoms with E-state index in [2.05, 4.69) is 34.2 Å². The van der Waals surface area contributed by atoms with E-state index in [4.69, 9.17) is 4.52 Å². The molecule has 0 radical (unpaired) electrons. The minimum Gasteiger partial charge on any atom is -0.339 e. The Balaban J connectivity index is 1.46. The molecule has 1 atom stereocenters. The van der Waals surface area contributed by atoms with E-state index in [0.29, 0.717) is 30.5 Å². The van der Waals surface area contributed by atoms with Gasteiger partial charge in [0, 0.05) is 19.0 Å². The highest BCUT2D eigenvalue weighted by molar-refractivity contribution is 5.95. The summed E-state index contributed by atoms with van der Waals surface area (Å²) in [6.45, 7) is 5.45. The summed E-state index contributed by atoms with van der Waals surface area (Å²) in [7, 11) is 0. The molecule has 0 aromatic carbocycles. The maximum absolute atomic E-state index is 12.7. The van der Waals surface area contributed by atoms with Gasteiger partial charge >= 0.3 is 0 Å². The molecule has 4 rings (SSSR count). The first-order valence-corrected chi connectivity index (χ1v) is 8.29. The first-order chi connectivity index (χ1) is 11.1. The van der Waals surface area contributed by atoms with Gasteiger partial charge in [0.05, 0.1) is 23.4 Å². The lowest BCUT2D eigenvalue weighted by Gasteiger charge is -2.16. The SMILES string of the molecule is CC(C)c1[nH]ncc1C(=O)N1CC[C@@H](c2nc(C3CC3)no2)C1. The Hall–Kier alpha value is -2.18. The fraction of sp³-hybridized carbons (Fsp3) is 0.625. The highest BCUT2D eigenvalue weighted by Crippen LogP contribution is 2.39. The van der Waals surface area contributed by atoms with Crippen molar-refractivity contribution in [1.29, 1.82) is 0 Å². The lowest BCUT2D eigenvalue weighted by Crippen LogP contribution is -2.29. The summed E-state index contributed by atoms with van der Waals surface area (Å²) in [5.41, 5.74) is 1.57. The maximum atomic E-state index is 12.7. The molecule has 0 spiro atoms. The first kappa shape index (κ1) is 14.4. The van der Waals surface area contributed by atoms with Crippen molar-refractivity contribution < 1.29 is 9.32 Å². The summed E-state index contributed by atoms with van der Waals surface area (Å²) >= 11 is 0. The normalized spacial score (nSPS) is 21.3. The average molecular weight is 315 g/mol. The molecule has 0 bridgehead atoms. The summed E-state index contributed by atoms with van der Waals surface area (Å²) in [5, 5.41) is 11.0. The number of amides is 1. The second-order valence-corrected chi connectivity index (χ2v) is 6.85. The van der Waals surface area contributed by atoms with E-state index in [1.165, 1.54) is 0 Å². The first-order valence-electron chi connectivity index (χ1n) is 8.29. The van der Waals surface area contributed by atoms with E-state index < -0.39 is 0 Å². The van der Waals surface area contributed by atoms with Crippen molar-refractivity contribution >= 4 is 5.91 Å². The van der Waals surface area contributed by atoms with Gasteiger partial charge in [0.1, 0.15) is 0 Å². The van der Waals surface area contributed by atoms with Crippen LogP contribution in [0.3, 0.4) is 0 Å². The zero-order valence-electron chi connectivity index (χ0n) is 13.5. The number of aromatic nitrogens is 4. The van der Waals surface area contributed by atoms with Gasteiger partial charge in [0.25, 0.3) is 5.91 Å². The largest absolute Gasteiger partial charge is 0.339 e. The van der Waals surface area contributed by atoms with Crippen molar-refractivity contribution in [1.82, 2.24) is 25.2 Å². The van der Waals surface area contributed by atoms with E-state index in [9.17, 15) is 4.79 Å². The third-order valence-electron chi connectivity index (χ3n) is 4.70. The number of aromatic amines is 1. The number of hydrogen-bond acceptors (Lipinski definition) is 5. The maximum Gasteiger partial charge on any atom is 0.257 e. The van der Waals surface area contributed by atoms with Gasteiger partial charge in [-0.05, 0) is 25.2 Å². The van der Waals surface area contributed by atoms with Gasteiger partial charge in [0.15, 0.2) is 5.82 Å². The van der Waals surface area contributed by atoms with Crippen LogP contribution >= 0.6 is 0 Å². The number of H-pyrrole nitrogens is 1. The van der Waals surface area contributed by atoms with Crippen LogP contribution in [0, 0.1) is 0 Å². The monoisotopic (exact) mass is 315 g/mol. The molecule has 2 fully saturated rings. The van der Waals surface area contributed by atoms with Crippen molar-refractivity contribution in [3.63, 3.8) is 0 Å².